The third-order valence-corrected chi connectivity index (χ3v) is 10.8. The molecule has 5 aromatic rings. The standard InChI is InChI=1S/C23H32N4O2.C22H27N5O2.CH4/c1-23(2,3)29-22(28)26-13-12-20(16-26)27-15-17(14-24-27)8-10-19-11-9-18-6-4-5-7-21(18)25-19;1-22(2,3)29-21(28)26-12-10-19(15-26)27-14-16(13-24-27)6-8-18-9-7-17-5-4-11-23-20(17)25-18;/h9,11,14-15,20H,4-8,10,12-13,16H2,1-3H3;4-5,7,9,11,13-14,19H,6,8,10,12,15H2,1-3H3;1H4/t20-;19-;/m11./s1. The minimum Gasteiger partial charge on any atom is -0.444 e. The molecular formula is C46H63N9O4. The van der Waals surface area contributed by atoms with Crippen LogP contribution in [0.25, 0.3) is 11.0 Å². The second kappa shape index (κ2) is 18.7. The van der Waals surface area contributed by atoms with Crippen LogP contribution in [-0.4, -0.2) is 93.9 Å². The van der Waals surface area contributed by atoms with Gasteiger partial charge in [-0.2, -0.15) is 10.2 Å². The lowest BCUT2D eigenvalue weighted by Crippen LogP contribution is -2.35. The van der Waals surface area contributed by atoms with Gasteiger partial charge in [0, 0.05) is 67.2 Å². The number of nitrogens with zero attached hydrogens (tertiary/aromatic N) is 9. The number of hydrogen-bond donors (Lipinski definition) is 0. The van der Waals surface area contributed by atoms with Crippen LogP contribution in [0.3, 0.4) is 0 Å². The van der Waals surface area contributed by atoms with Crippen molar-refractivity contribution in [2.45, 2.75) is 136 Å². The fourth-order valence-electron chi connectivity index (χ4n) is 7.76. The van der Waals surface area contributed by atoms with Gasteiger partial charge in [-0.25, -0.2) is 19.6 Å². The number of hydrogen-bond acceptors (Lipinski definition) is 9. The van der Waals surface area contributed by atoms with Crippen molar-refractivity contribution >= 4 is 23.2 Å². The number of carbonyl (C=O) groups is 2. The molecule has 0 aromatic carbocycles. The second-order valence-corrected chi connectivity index (χ2v) is 17.9. The summed E-state index contributed by atoms with van der Waals surface area (Å²) in [7, 11) is 0. The highest BCUT2D eigenvalue weighted by Crippen LogP contribution is 2.26. The van der Waals surface area contributed by atoms with E-state index in [0.717, 1.165) is 61.7 Å². The predicted molar refractivity (Wildman–Crippen MR) is 229 cm³/mol. The van der Waals surface area contributed by atoms with Gasteiger partial charge in [0.25, 0.3) is 0 Å². The Bertz CT molecular complexity index is 2180. The Morgan fingerprint density at radius 2 is 1.24 bits per heavy atom. The molecule has 0 saturated carbocycles. The monoisotopic (exact) mass is 806 g/mol. The molecule has 5 aromatic heterocycles. The van der Waals surface area contributed by atoms with Crippen LogP contribution in [0.15, 0.2) is 67.4 Å². The molecule has 1 aliphatic carbocycles. The highest BCUT2D eigenvalue weighted by atomic mass is 16.6. The molecule has 2 saturated heterocycles. The summed E-state index contributed by atoms with van der Waals surface area (Å²) < 4.78 is 15.0. The molecule has 2 amide bonds. The zero-order chi connectivity index (χ0) is 40.9. The topological polar surface area (TPSA) is 133 Å². The van der Waals surface area contributed by atoms with E-state index in [1.54, 1.807) is 16.0 Å². The first kappa shape index (κ1) is 43.3. The van der Waals surface area contributed by atoms with Crippen LogP contribution in [0.5, 0.6) is 0 Å². The van der Waals surface area contributed by atoms with Crippen molar-refractivity contribution < 1.29 is 19.1 Å². The van der Waals surface area contributed by atoms with Crippen LogP contribution in [0.4, 0.5) is 9.59 Å². The molecule has 8 rings (SSSR count). The highest BCUT2D eigenvalue weighted by molar-refractivity contribution is 5.74. The maximum absolute atomic E-state index is 12.3. The minimum absolute atomic E-state index is 0. The van der Waals surface area contributed by atoms with Gasteiger partial charge in [-0.05, 0) is 153 Å². The zero-order valence-electron chi connectivity index (χ0n) is 35.1. The van der Waals surface area contributed by atoms with Gasteiger partial charge in [-0.1, -0.05) is 13.5 Å². The van der Waals surface area contributed by atoms with Gasteiger partial charge in [-0.15, -0.1) is 0 Å². The first-order valence-corrected chi connectivity index (χ1v) is 20.9. The van der Waals surface area contributed by atoms with E-state index in [2.05, 4.69) is 56.8 Å². The summed E-state index contributed by atoms with van der Waals surface area (Å²) >= 11 is 0. The van der Waals surface area contributed by atoms with Gasteiger partial charge in [-0.3, -0.25) is 14.3 Å². The summed E-state index contributed by atoms with van der Waals surface area (Å²) in [4.78, 5) is 41.9. The molecule has 0 spiro atoms. The number of rotatable bonds is 8. The molecule has 7 heterocycles. The average molecular weight is 806 g/mol. The molecule has 0 radical (unpaired) electrons. The Morgan fingerprint density at radius 1 is 0.695 bits per heavy atom. The van der Waals surface area contributed by atoms with Crippen LogP contribution >= 0.6 is 0 Å². The molecule has 59 heavy (non-hydrogen) atoms. The van der Waals surface area contributed by atoms with E-state index in [0.29, 0.717) is 26.2 Å². The second-order valence-electron chi connectivity index (χ2n) is 17.9. The molecule has 3 aliphatic rings. The fraction of sp³-hybridized carbons (Fsp3) is 0.543. The molecule has 2 fully saturated rings. The molecule has 2 atom stereocenters. The molecule has 316 valence electrons. The highest BCUT2D eigenvalue weighted by Gasteiger charge is 2.32. The first-order chi connectivity index (χ1) is 27.7. The summed E-state index contributed by atoms with van der Waals surface area (Å²) in [5.74, 6) is 0. The molecule has 0 unspecified atom stereocenters. The van der Waals surface area contributed by atoms with Gasteiger partial charge >= 0.3 is 12.2 Å². The minimum atomic E-state index is -0.472. The van der Waals surface area contributed by atoms with Gasteiger partial charge in [0.2, 0.25) is 0 Å². The van der Waals surface area contributed by atoms with Crippen molar-refractivity contribution in [2.24, 2.45) is 0 Å². The Labute approximate surface area is 349 Å². The molecule has 2 aliphatic heterocycles. The number of likely N-dealkylation sites (tertiary alicyclic amines) is 2. The molecule has 0 N–H and O–H groups in total. The van der Waals surface area contributed by atoms with Crippen molar-refractivity contribution in [3.8, 4) is 0 Å². The number of fused-ring (bicyclic) bond motifs is 2. The first-order valence-electron chi connectivity index (χ1n) is 20.9. The third-order valence-electron chi connectivity index (χ3n) is 10.8. The van der Waals surface area contributed by atoms with E-state index in [4.69, 9.17) is 14.5 Å². The smallest absolute Gasteiger partial charge is 0.410 e. The van der Waals surface area contributed by atoms with Gasteiger partial charge in [0.1, 0.15) is 11.2 Å². The molecule has 0 bridgehead atoms. The lowest BCUT2D eigenvalue weighted by Gasteiger charge is -2.24. The molecule has 13 nitrogen and oxygen atoms in total. The molecule has 13 heteroatoms. The van der Waals surface area contributed by atoms with E-state index in [1.807, 2.05) is 75.4 Å². The Hall–Kier alpha value is -5.33. The van der Waals surface area contributed by atoms with Crippen LogP contribution in [0, 0.1) is 0 Å². The summed E-state index contributed by atoms with van der Waals surface area (Å²) in [6.07, 6.45) is 19.6. The van der Waals surface area contributed by atoms with Crippen molar-refractivity contribution in [2.75, 3.05) is 26.2 Å². The van der Waals surface area contributed by atoms with Gasteiger partial charge in [0.05, 0.1) is 24.5 Å². The third kappa shape index (κ3) is 11.9. The maximum atomic E-state index is 12.3. The number of carbonyl (C=O) groups excluding carboxylic acids is 2. The fourth-order valence-corrected chi connectivity index (χ4v) is 7.76. The van der Waals surface area contributed by atoms with Crippen LogP contribution in [0.1, 0.15) is 121 Å². The zero-order valence-corrected chi connectivity index (χ0v) is 35.1. The number of aromatic nitrogens is 7. The lowest BCUT2D eigenvalue weighted by molar-refractivity contribution is 0.0278. The predicted octanol–water partition coefficient (Wildman–Crippen LogP) is 8.55. The Morgan fingerprint density at radius 3 is 1.81 bits per heavy atom. The van der Waals surface area contributed by atoms with Crippen LogP contribution in [-0.2, 0) is 48.0 Å². The van der Waals surface area contributed by atoms with Crippen molar-refractivity contribution in [1.29, 1.82) is 0 Å². The number of amides is 2. The summed E-state index contributed by atoms with van der Waals surface area (Å²) in [6, 6.07) is 12.9. The quantitative estimate of drug-likeness (QED) is 0.151. The van der Waals surface area contributed by atoms with Gasteiger partial charge in [0.15, 0.2) is 5.65 Å². The summed E-state index contributed by atoms with van der Waals surface area (Å²) in [5.41, 5.74) is 7.19. The number of ether oxygens (including phenoxy) is 2. The van der Waals surface area contributed by atoms with E-state index >= 15 is 0 Å². The van der Waals surface area contributed by atoms with E-state index in [1.165, 1.54) is 47.3 Å². The van der Waals surface area contributed by atoms with E-state index < -0.39 is 11.2 Å². The van der Waals surface area contributed by atoms with Crippen LogP contribution < -0.4 is 0 Å². The van der Waals surface area contributed by atoms with E-state index in [-0.39, 0.29) is 31.7 Å². The largest absolute Gasteiger partial charge is 0.444 e. The van der Waals surface area contributed by atoms with Crippen molar-refractivity contribution in [1.82, 2.24) is 44.3 Å². The Balaban J connectivity index is 0.000000195. The number of pyridine rings is 3. The van der Waals surface area contributed by atoms with Crippen molar-refractivity contribution in [3.05, 3.63) is 101 Å². The average Bonchev–Trinajstić information content (AvgIpc) is 4.02. The van der Waals surface area contributed by atoms with Gasteiger partial charge < -0.3 is 19.3 Å². The summed E-state index contributed by atoms with van der Waals surface area (Å²) in [6.45, 7) is 14.1. The Kier molecular flexibility index (Phi) is 13.7. The molecular weight excluding hydrogens is 743 g/mol. The maximum Gasteiger partial charge on any atom is 0.410 e. The number of aryl methyl sites for hydroxylation is 6. The van der Waals surface area contributed by atoms with Crippen molar-refractivity contribution in [3.63, 3.8) is 0 Å². The SMILES string of the molecule is C.CC(C)(C)OC(=O)N1CC[C@@H](n2cc(CCc3ccc4c(n3)CCCC4)cn2)C1.CC(C)(C)OC(=O)N1CC[C@@H](n2cc(CCc3ccc4cccnc4n3)cn2)C1. The summed E-state index contributed by atoms with van der Waals surface area (Å²) in [5, 5.41) is 10.2. The van der Waals surface area contributed by atoms with E-state index in [9.17, 15) is 9.59 Å². The lowest BCUT2D eigenvalue weighted by atomic mass is 9.95. The van der Waals surface area contributed by atoms with Crippen LogP contribution in [0.2, 0.25) is 0 Å². The normalized spacial score (nSPS) is 17.9.